The fraction of sp³-hybridized carbons (Fsp3) is 0.105. The van der Waals surface area contributed by atoms with Gasteiger partial charge in [-0.25, -0.2) is 9.48 Å². The summed E-state index contributed by atoms with van der Waals surface area (Å²) >= 11 is 5.99. The predicted molar refractivity (Wildman–Crippen MR) is 99.0 cm³/mol. The van der Waals surface area contributed by atoms with E-state index in [2.05, 4.69) is 15.4 Å². The summed E-state index contributed by atoms with van der Waals surface area (Å²) in [5, 5.41) is 8.22. The number of nitrogens with zero attached hydrogens (tertiary/aromatic N) is 3. The first-order valence-electron chi connectivity index (χ1n) is 8.00. The van der Waals surface area contributed by atoms with Gasteiger partial charge >= 0.3 is 5.97 Å². The van der Waals surface area contributed by atoms with Crippen LogP contribution in [0.5, 0.6) is 0 Å². The lowest BCUT2D eigenvalue weighted by atomic mass is 10.0. The molecule has 6 nitrogen and oxygen atoms in total. The zero-order valence-electron chi connectivity index (χ0n) is 13.9. The van der Waals surface area contributed by atoms with Gasteiger partial charge in [0.15, 0.2) is 0 Å². The van der Waals surface area contributed by atoms with Gasteiger partial charge in [0.1, 0.15) is 6.04 Å². The lowest BCUT2D eigenvalue weighted by Gasteiger charge is -2.24. The first kappa shape index (κ1) is 16.4. The molecule has 0 saturated heterocycles. The van der Waals surface area contributed by atoms with Crippen LogP contribution >= 0.6 is 11.6 Å². The minimum atomic E-state index is -0.575. The van der Waals surface area contributed by atoms with Gasteiger partial charge in [-0.1, -0.05) is 54.1 Å². The van der Waals surface area contributed by atoms with E-state index in [0.29, 0.717) is 11.0 Å². The second kappa shape index (κ2) is 6.65. The smallest absolute Gasteiger partial charge is 0.378 e. The van der Waals surface area contributed by atoms with E-state index in [-0.39, 0.29) is 11.9 Å². The Balaban J connectivity index is 1.82. The van der Waals surface area contributed by atoms with Crippen molar-refractivity contribution in [1.82, 2.24) is 14.8 Å². The lowest BCUT2D eigenvalue weighted by molar-refractivity contribution is 0.0586. The fourth-order valence-corrected chi connectivity index (χ4v) is 2.98. The molecule has 0 bridgehead atoms. The van der Waals surface area contributed by atoms with Crippen molar-refractivity contribution in [3.63, 3.8) is 0 Å². The van der Waals surface area contributed by atoms with Gasteiger partial charge in [-0.2, -0.15) is 4.98 Å². The maximum Gasteiger partial charge on any atom is 0.378 e. The predicted octanol–water partition coefficient (Wildman–Crippen LogP) is 3.77. The summed E-state index contributed by atoms with van der Waals surface area (Å²) in [6.45, 7) is 0. The molecule has 1 atom stereocenters. The molecule has 1 aromatic heterocycles. The molecule has 1 aliphatic rings. The number of ether oxygens (including phenoxy) is 1. The Morgan fingerprint density at radius 1 is 1.15 bits per heavy atom. The summed E-state index contributed by atoms with van der Waals surface area (Å²) in [5.74, 6) is -0.0815. The molecule has 1 unspecified atom stereocenters. The Morgan fingerprint density at radius 2 is 1.88 bits per heavy atom. The molecule has 26 heavy (non-hydrogen) atoms. The van der Waals surface area contributed by atoms with E-state index in [0.717, 1.165) is 16.8 Å². The first-order chi connectivity index (χ1) is 12.7. The van der Waals surface area contributed by atoms with Crippen LogP contribution in [0, 0.1) is 0 Å². The highest BCUT2D eigenvalue weighted by Gasteiger charge is 2.27. The van der Waals surface area contributed by atoms with Crippen LogP contribution in [0.3, 0.4) is 0 Å². The molecule has 130 valence electrons. The van der Waals surface area contributed by atoms with Gasteiger partial charge in [-0.3, -0.25) is 0 Å². The third-order valence-corrected chi connectivity index (χ3v) is 4.38. The average molecular weight is 367 g/mol. The number of halogens is 1. The van der Waals surface area contributed by atoms with Gasteiger partial charge in [-0.15, -0.1) is 5.10 Å². The molecular formula is C19H15ClN4O2. The SMILES string of the molecule is COC(=O)c1nc2n(n1)C(c1ccccc1)C=C(c1ccc(Cl)cc1)N2. The van der Waals surface area contributed by atoms with Gasteiger partial charge in [-0.05, 0) is 29.3 Å². The van der Waals surface area contributed by atoms with Crippen LogP contribution in [0.4, 0.5) is 5.95 Å². The number of rotatable bonds is 3. The maximum absolute atomic E-state index is 11.8. The van der Waals surface area contributed by atoms with E-state index in [1.54, 1.807) is 4.68 Å². The molecule has 0 amide bonds. The molecule has 2 aromatic carbocycles. The largest absolute Gasteiger partial charge is 0.463 e. The zero-order chi connectivity index (χ0) is 18.1. The van der Waals surface area contributed by atoms with Crippen LogP contribution < -0.4 is 5.32 Å². The van der Waals surface area contributed by atoms with E-state index in [1.807, 2.05) is 60.7 Å². The Labute approximate surface area is 155 Å². The number of nitrogens with one attached hydrogen (secondary N) is 1. The monoisotopic (exact) mass is 366 g/mol. The minimum Gasteiger partial charge on any atom is -0.463 e. The third kappa shape index (κ3) is 2.95. The molecule has 0 radical (unpaired) electrons. The molecule has 0 aliphatic carbocycles. The Morgan fingerprint density at radius 3 is 2.58 bits per heavy atom. The molecular weight excluding hydrogens is 352 g/mol. The molecule has 7 heteroatoms. The number of carbonyl (C=O) groups is 1. The normalized spacial score (nSPS) is 15.6. The minimum absolute atomic E-state index is 0.0155. The fourth-order valence-electron chi connectivity index (χ4n) is 2.86. The van der Waals surface area contributed by atoms with Crippen LogP contribution in [0.2, 0.25) is 5.02 Å². The van der Waals surface area contributed by atoms with Crippen molar-refractivity contribution in [2.75, 3.05) is 12.4 Å². The van der Waals surface area contributed by atoms with Crippen molar-refractivity contribution in [2.45, 2.75) is 6.04 Å². The second-order valence-corrected chi connectivity index (χ2v) is 6.20. The van der Waals surface area contributed by atoms with Crippen LogP contribution in [0.15, 0.2) is 60.7 Å². The molecule has 2 heterocycles. The highest BCUT2D eigenvalue weighted by Crippen LogP contribution is 2.32. The van der Waals surface area contributed by atoms with E-state index in [1.165, 1.54) is 7.11 Å². The van der Waals surface area contributed by atoms with Crippen molar-refractivity contribution in [3.8, 4) is 0 Å². The first-order valence-corrected chi connectivity index (χ1v) is 8.38. The molecule has 1 aliphatic heterocycles. The van der Waals surface area contributed by atoms with Gasteiger partial charge in [0.05, 0.1) is 7.11 Å². The van der Waals surface area contributed by atoms with Crippen molar-refractivity contribution >= 4 is 29.2 Å². The summed E-state index contributed by atoms with van der Waals surface area (Å²) in [6.07, 6.45) is 2.04. The van der Waals surface area contributed by atoms with Crippen LogP contribution in [-0.2, 0) is 4.74 Å². The summed E-state index contributed by atoms with van der Waals surface area (Å²) in [5.41, 5.74) is 2.86. The zero-order valence-corrected chi connectivity index (χ0v) is 14.6. The highest BCUT2D eigenvalue weighted by atomic mass is 35.5. The van der Waals surface area contributed by atoms with Crippen molar-refractivity contribution in [3.05, 3.63) is 82.6 Å². The molecule has 0 saturated carbocycles. The van der Waals surface area contributed by atoms with Crippen LogP contribution in [-0.4, -0.2) is 27.8 Å². The van der Waals surface area contributed by atoms with E-state index in [9.17, 15) is 4.79 Å². The lowest BCUT2D eigenvalue weighted by Crippen LogP contribution is -2.20. The summed E-state index contributed by atoms with van der Waals surface area (Å²) in [4.78, 5) is 16.1. The number of benzene rings is 2. The van der Waals surface area contributed by atoms with Crippen LogP contribution in [0.25, 0.3) is 5.70 Å². The average Bonchev–Trinajstić information content (AvgIpc) is 3.12. The third-order valence-electron chi connectivity index (χ3n) is 4.13. The number of hydrogen-bond acceptors (Lipinski definition) is 5. The number of methoxy groups -OCH3 is 1. The van der Waals surface area contributed by atoms with E-state index < -0.39 is 5.97 Å². The van der Waals surface area contributed by atoms with Crippen molar-refractivity contribution < 1.29 is 9.53 Å². The highest BCUT2D eigenvalue weighted by molar-refractivity contribution is 6.30. The van der Waals surface area contributed by atoms with Gasteiger partial charge in [0.25, 0.3) is 5.82 Å². The Hall–Kier alpha value is -3.12. The van der Waals surface area contributed by atoms with E-state index >= 15 is 0 Å². The molecule has 0 fully saturated rings. The standard InChI is InChI=1S/C19H15ClN4O2/c1-26-18(25)17-22-19-21-15(12-7-9-14(20)10-8-12)11-16(24(19)23-17)13-5-3-2-4-6-13/h2-11,16H,1H3,(H,21,22,23). The Bertz CT molecular complexity index is 981. The summed E-state index contributed by atoms with van der Waals surface area (Å²) in [6, 6.07) is 17.2. The topological polar surface area (TPSA) is 69.0 Å². The summed E-state index contributed by atoms with van der Waals surface area (Å²) in [7, 11) is 1.31. The molecule has 3 aromatic rings. The molecule has 0 spiro atoms. The maximum atomic E-state index is 11.8. The number of fused-ring (bicyclic) bond motifs is 1. The van der Waals surface area contributed by atoms with Crippen LogP contribution in [0.1, 0.15) is 27.8 Å². The number of esters is 1. The van der Waals surface area contributed by atoms with Gasteiger partial charge in [0, 0.05) is 10.7 Å². The van der Waals surface area contributed by atoms with Crippen molar-refractivity contribution in [1.29, 1.82) is 0 Å². The van der Waals surface area contributed by atoms with Gasteiger partial charge in [0.2, 0.25) is 5.95 Å². The number of allylic oxidation sites excluding steroid dienone is 1. The van der Waals surface area contributed by atoms with Gasteiger partial charge < -0.3 is 10.1 Å². The Kier molecular flexibility index (Phi) is 4.18. The second-order valence-electron chi connectivity index (χ2n) is 5.76. The number of aromatic nitrogens is 3. The number of anilines is 1. The van der Waals surface area contributed by atoms with Crippen molar-refractivity contribution in [2.24, 2.45) is 0 Å². The molecule has 4 rings (SSSR count). The number of hydrogen-bond donors (Lipinski definition) is 1. The number of carbonyl (C=O) groups excluding carboxylic acids is 1. The quantitative estimate of drug-likeness (QED) is 0.714. The molecule has 1 N–H and O–H groups in total. The summed E-state index contributed by atoms with van der Waals surface area (Å²) < 4.78 is 6.42. The van der Waals surface area contributed by atoms with E-state index in [4.69, 9.17) is 16.3 Å².